The molecule has 3 aliphatic rings. The Bertz CT molecular complexity index is 2630. The Hall–Kier alpha value is -6.10. The summed E-state index contributed by atoms with van der Waals surface area (Å²) >= 11 is 0. The summed E-state index contributed by atoms with van der Waals surface area (Å²) in [5, 5.41) is 16.6. The number of cyclic esters (lactones) is 1. The van der Waals surface area contributed by atoms with Crippen molar-refractivity contribution in [2.45, 2.75) is 118 Å². The normalized spacial score (nSPS) is 20.9. The molecular formula is C52H68N8O8. The SMILES string of the molecule is CCn1c(-c2cccnc2[C@H](C)OC)c2c3cc(ccc31)-c1cc(O)cc(c1)C[C@H](NC(=O)C(=C(C)C)N(C)C(=O)CN(C)C(=O)[C@H]1CN1C(C)C)C(=O)N1CCC[C@H](N1)C(=O)OCC(C)(C)C2. The van der Waals surface area contributed by atoms with E-state index in [4.69, 9.17) is 14.5 Å². The van der Waals surface area contributed by atoms with Crippen LogP contribution in [0.1, 0.15) is 91.2 Å². The number of aromatic nitrogens is 2. The van der Waals surface area contributed by atoms with Gasteiger partial charge in [0.2, 0.25) is 11.8 Å². The van der Waals surface area contributed by atoms with Crippen molar-refractivity contribution < 1.29 is 38.6 Å². The molecule has 364 valence electrons. The van der Waals surface area contributed by atoms with Gasteiger partial charge in [0.05, 0.1) is 30.6 Å². The van der Waals surface area contributed by atoms with Gasteiger partial charge in [0.1, 0.15) is 29.6 Å². The molecular weight excluding hydrogens is 865 g/mol. The third-order valence-corrected chi connectivity index (χ3v) is 13.4. The first-order valence-corrected chi connectivity index (χ1v) is 23.7. The first-order chi connectivity index (χ1) is 32.2. The number of ether oxygens (including phenoxy) is 2. The molecule has 16 nitrogen and oxygen atoms in total. The fourth-order valence-electron chi connectivity index (χ4n) is 9.72. The third-order valence-electron chi connectivity index (χ3n) is 13.4. The lowest BCUT2D eigenvalue weighted by atomic mass is 9.84. The Balaban J connectivity index is 1.28. The van der Waals surface area contributed by atoms with Gasteiger partial charge in [-0.2, -0.15) is 0 Å². The molecule has 6 bridgehead atoms. The Morgan fingerprint density at radius 1 is 1.06 bits per heavy atom. The standard InChI is InChI=1S/C52H68N8O8/c1-12-58-42-18-17-34-25-38(42)39(47(58)37-15-13-19-53-45(37)32(6)67-11)26-52(7,8)29-68-51(66)40-16-14-20-60(55-40)49(64)41(23-33-21-35(34)24-36(61)22-33)54-48(63)46(30(2)3)57(10)44(62)28-56(9)50(65)43-27-59(43)31(4)5/h13,15,17-19,21-22,24-25,31-32,40-41,43,55,61H,12,14,16,20,23,26-29H2,1-11H3,(H,54,63)/t32-,40-,41-,43+,59?/m0/s1. The number of carbonyl (C=O) groups excluding carboxylic acids is 5. The topological polar surface area (TPSA) is 179 Å². The minimum absolute atomic E-state index is 0.0261. The van der Waals surface area contributed by atoms with E-state index in [2.05, 4.69) is 54.3 Å². The van der Waals surface area contributed by atoms with Gasteiger partial charge in [-0.15, -0.1) is 0 Å². The number of hydrazine groups is 1. The number of allylic oxidation sites excluding steroid dienone is 1. The fourth-order valence-corrected chi connectivity index (χ4v) is 9.72. The van der Waals surface area contributed by atoms with Crippen molar-refractivity contribution >= 4 is 40.5 Å². The number of phenols is 1. The van der Waals surface area contributed by atoms with Crippen LogP contribution in [0, 0.1) is 5.41 Å². The number of nitrogens with zero attached hydrogens (tertiary/aromatic N) is 6. The van der Waals surface area contributed by atoms with E-state index >= 15 is 0 Å². The van der Waals surface area contributed by atoms with Crippen molar-refractivity contribution in [3.8, 4) is 28.1 Å². The largest absolute Gasteiger partial charge is 0.508 e. The summed E-state index contributed by atoms with van der Waals surface area (Å²) in [5.74, 6) is -2.35. The number of phenolic OH excluding ortho intramolecular Hbond substituents is 1. The van der Waals surface area contributed by atoms with Gasteiger partial charge < -0.3 is 34.3 Å². The van der Waals surface area contributed by atoms with Gasteiger partial charge >= 0.3 is 5.97 Å². The summed E-state index contributed by atoms with van der Waals surface area (Å²) in [5.41, 5.74) is 9.97. The van der Waals surface area contributed by atoms with Gasteiger partial charge in [-0.3, -0.25) is 38.9 Å². The molecule has 0 aliphatic carbocycles. The summed E-state index contributed by atoms with van der Waals surface area (Å²) in [4.78, 5) is 79.4. The zero-order chi connectivity index (χ0) is 49.4. The molecule has 4 amide bonds. The van der Waals surface area contributed by atoms with Crippen molar-refractivity contribution in [1.82, 2.24) is 40.0 Å². The Kier molecular flexibility index (Phi) is 14.8. The molecule has 2 saturated heterocycles. The summed E-state index contributed by atoms with van der Waals surface area (Å²) in [6.07, 6.45) is 2.89. The number of amides is 4. The number of carbonyl (C=O) groups is 5. The van der Waals surface area contributed by atoms with Crippen LogP contribution in [-0.4, -0.2) is 136 Å². The summed E-state index contributed by atoms with van der Waals surface area (Å²) in [7, 11) is 4.72. The predicted molar refractivity (Wildman–Crippen MR) is 260 cm³/mol. The van der Waals surface area contributed by atoms with Crippen LogP contribution in [0.15, 0.2) is 66.0 Å². The van der Waals surface area contributed by atoms with Crippen molar-refractivity contribution in [3.63, 3.8) is 0 Å². The van der Waals surface area contributed by atoms with Crippen LogP contribution in [0.3, 0.4) is 0 Å². The van der Waals surface area contributed by atoms with Gasteiger partial charge in [-0.25, -0.2) is 5.43 Å². The van der Waals surface area contributed by atoms with E-state index in [-0.39, 0.29) is 61.7 Å². The molecule has 2 fully saturated rings. The number of aryl methyl sites for hydroxylation is 1. The summed E-state index contributed by atoms with van der Waals surface area (Å²) < 4.78 is 14.2. The van der Waals surface area contributed by atoms with E-state index in [0.717, 1.165) is 39.0 Å². The number of pyridine rings is 1. The number of hydrogen-bond donors (Lipinski definition) is 3. The lowest BCUT2D eigenvalue weighted by molar-refractivity contribution is -0.155. The van der Waals surface area contributed by atoms with Crippen LogP contribution in [0.5, 0.6) is 5.75 Å². The molecule has 3 N–H and O–H groups in total. The van der Waals surface area contributed by atoms with E-state index in [0.29, 0.717) is 49.1 Å². The second-order valence-electron chi connectivity index (χ2n) is 19.8. The summed E-state index contributed by atoms with van der Waals surface area (Å²) in [6.45, 7) is 17.0. The van der Waals surface area contributed by atoms with E-state index in [9.17, 15) is 29.1 Å². The number of nitrogens with one attached hydrogen (secondary N) is 2. The highest BCUT2D eigenvalue weighted by Gasteiger charge is 2.44. The number of benzene rings is 2. The molecule has 2 aromatic carbocycles. The maximum atomic E-state index is 14.7. The number of rotatable bonds is 11. The third kappa shape index (κ3) is 10.5. The van der Waals surface area contributed by atoms with E-state index in [1.54, 1.807) is 46.3 Å². The molecule has 16 heteroatoms. The lowest BCUT2D eigenvalue weighted by Crippen LogP contribution is -2.60. The van der Waals surface area contributed by atoms with Crippen LogP contribution in [0.4, 0.5) is 0 Å². The van der Waals surface area contributed by atoms with Gasteiger partial charge in [0, 0.05) is 81.4 Å². The van der Waals surface area contributed by atoms with E-state index in [1.165, 1.54) is 21.9 Å². The number of likely N-dealkylation sites (N-methyl/N-ethyl adjacent to an activating group) is 2. The molecule has 5 heterocycles. The molecule has 1 unspecified atom stereocenters. The zero-order valence-corrected chi connectivity index (χ0v) is 41.4. The number of aromatic hydroxyl groups is 1. The van der Waals surface area contributed by atoms with Gasteiger partial charge in [-0.1, -0.05) is 26.0 Å². The Morgan fingerprint density at radius 3 is 2.49 bits per heavy atom. The minimum Gasteiger partial charge on any atom is -0.508 e. The Morgan fingerprint density at radius 2 is 1.81 bits per heavy atom. The van der Waals surface area contributed by atoms with Crippen molar-refractivity contribution in [3.05, 3.63) is 82.8 Å². The highest BCUT2D eigenvalue weighted by atomic mass is 16.5. The first kappa shape index (κ1) is 49.8. The van der Waals surface area contributed by atoms with Crippen LogP contribution in [-0.2, 0) is 52.8 Å². The average Bonchev–Trinajstić information content (AvgIpc) is 4.06. The molecule has 7 rings (SSSR count). The van der Waals surface area contributed by atoms with Crippen LogP contribution < -0.4 is 10.7 Å². The van der Waals surface area contributed by atoms with Crippen LogP contribution >= 0.6 is 0 Å². The molecule has 68 heavy (non-hydrogen) atoms. The number of esters is 1. The number of hydrogen-bond acceptors (Lipinski definition) is 11. The zero-order valence-electron chi connectivity index (χ0n) is 41.4. The maximum absolute atomic E-state index is 14.7. The molecule has 3 aliphatic heterocycles. The molecule has 4 aromatic rings. The van der Waals surface area contributed by atoms with E-state index < -0.39 is 41.2 Å². The van der Waals surface area contributed by atoms with Crippen molar-refractivity contribution in [2.75, 3.05) is 47.4 Å². The maximum Gasteiger partial charge on any atom is 0.324 e. The molecule has 2 aromatic heterocycles. The van der Waals surface area contributed by atoms with Crippen LogP contribution in [0.2, 0.25) is 0 Å². The summed E-state index contributed by atoms with van der Waals surface area (Å²) in [6, 6.07) is 13.2. The van der Waals surface area contributed by atoms with Crippen molar-refractivity contribution in [2.24, 2.45) is 5.41 Å². The second kappa shape index (κ2) is 20.2. The van der Waals surface area contributed by atoms with E-state index in [1.807, 2.05) is 43.9 Å². The highest BCUT2D eigenvalue weighted by molar-refractivity contribution is 6.01. The molecule has 5 atom stereocenters. The van der Waals surface area contributed by atoms with Gasteiger partial charge in [0.15, 0.2) is 0 Å². The first-order valence-electron chi connectivity index (χ1n) is 23.7. The molecule has 0 radical (unpaired) electrons. The van der Waals surface area contributed by atoms with Gasteiger partial charge in [-0.05, 0) is 125 Å². The average molecular weight is 933 g/mol. The number of fused-ring (bicyclic) bond motifs is 6. The monoisotopic (exact) mass is 933 g/mol. The smallest absolute Gasteiger partial charge is 0.324 e. The quantitative estimate of drug-likeness (QED) is 0.0948. The Labute approximate surface area is 399 Å². The highest BCUT2D eigenvalue weighted by Crippen LogP contribution is 2.42. The molecule has 0 spiro atoms. The fraction of sp³-hybridized carbons (Fsp3) is 0.500. The van der Waals surface area contributed by atoms with Gasteiger partial charge in [0.25, 0.3) is 11.8 Å². The lowest BCUT2D eigenvalue weighted by Gasteiger charge is -2.36. The predicted octanol–water partition coefficient (Wildman–Crippen LogP) is 5.75. The molecule has 0 saturated carbocycles. The van der Waals surface area contributed by atoms with Crippen molar-refractivity contribution in [1.29, 1.82) is 0 Å². The second-order valence-corrected chi connectivity index (χ2v) is 19.8. The number of methoxy groups -OCH3 is 1. The minimum atomic E-state index is -1.21. The van der Waals surface area contributed by atoms with Crippen LogP contribution in [0.25, 0.3) is 33.3 Å².